The van der Waals surface area contributed by atoms with Gasteiger partial charge in [-0.1, -0.05) is 11.6 Å². The highest BCUT2D eigenvalue weighted by atomic mass is 32.2. The Kier molecular flexibility index (Phi) is 11.4. The van der Waals surface area contributed by atoms with Crippen LogP contribution in [0.3, 0.4) is 0 Å². The SMILES string of the molecule is COC(=O)c1ccc(NC(=S)Oc2c(C/C=C(\C)CCC(=O)OCCN3C=CSC=C3)c(OC)c(C)c3c2C(=O)OC3)cc1. The van der Waals surface area contributed by atoms with Crippen molar-refractivity contribution >= 4 is 52.7 Å². The van der Waals surface area contributed by atoms with Crippen molar-refractivity contribution in [2.45, 2.75) is 39.7 Å². The van der Waals surface area contributed by atoms with E-state index in [1.165, 1.54) is 7.11 Å². The summed E-state index contributed by atoms with van der Waals surface area (Å²) in [5.41, 5.74) is 4.30. The topological polar surface area (TPSA) is 113 Å². The van der Waals surface area contributed by atoms with Crippen molar-refractivity contribution in [2.75, 3.05) is 32.7 Å². The summed E-state index contributed by atoms with van der Waals surface area (Å²) < 4.78 is 27.4. The van der Waals surface area contributed by atoms with E-state index in [2.05, 4.69) is 5.32 Å². The number of hydrogen-bond donors (Lipinski definition) is 1. The fourth-order valence-corrected chi connectivity index (χ4v) is 5.40. The van der Waals surface area contributed by atoms with Crippen molar-refractivity contribution in [1.29, 1.82) is 0 Å². The molecule has 44 heavy (non-hydrogen) atoms. The zero-order chi connectivity index (χ0) is 31.6. The van der Waals surface area contributed by atoms with Gasteiger partial charge >= 0.3 is 17.9 Å². The highest BCUT2D eigenvalue weighted by Gasteiger charge is 2.33. The van der Waals surface area contributed by atoms with Crippen molar-refractivity contribution in [3.63, 3.8) is 0 Å². The molecule has 0 saturated carbocycles. The third kappa shape index (κ3) is 8.20. The van der Waals surface area contributed by atoms with Gasteiger partial charge in [-0.15, -0.1) is 11.8 Å². The monoisotopic (exact) mass is 638 g/mol. The van der Waals surface area contributed by atoms with Crippen LogP contribution in [0.2, 0.25) is 0 Å². The summed E-state index contributed by atoms with van der Waals surface area (Å²) in [6.07, 6.45) is 6.93. The van der Waals surface area contributed by atoms with E-state index in [9.17, 15) is 14.4 Å². The van der Waals surface area contributed by atoms with Crippen LogP contribution in [0.5, 0.6) is 11.5 Å². The minimum Gasteiger partial charge on any atom is -0.496 e. The highest BCUT2D eigenvalue weighted by Crippen LogP contribution is 2.43. The van der Waals surface area contributed by atoms with Crippen molar-refractivity contribution in [2.24, 2.45) is 0 Å². The molecule has 12 heteroatoms. The number of carbonyl (C=O) groups is 3. The van der Waals surface area contributed by atoms with Crippen LogP contribution in [-0.4, -0.2) is 55.4 Å². The third-order valence-corrected chi connectivity index (χ3v) is 7.77. The first-order chi connectivity index (χ1) is 21.2. The zero-order valence-corrected chi connectivity index (χ0v) is 26.6. The predicted molar refractivity (Wildman–Crippen MR) is 172 cm³/mol. The van der Waals surface area contributed by atoms with Gasteiger partial charge in [-0.2, -0.15) is 0 Å². The number of carbonyl (C=O) groups excluding carboxylic acids is 3. The first-order valence-electron chi connectivity index (χ1n) is 13.8. The van der Waals surface area contributed by atoms with E-state index in [0.29, 0.717) is 59.7 Å². The molecule has 232 valence electrons. The second-order valence-corrected chi connectivity index (χ2v) is 11.1. The Morgan fingerprint density at radius 1 is 1.11 bits per heavy atom. The minimum atomic E-state index is -0.509. The molecule has 0 fully saturated rings. The van der Waals surface area contributed by atoms with Crippen LogP contribution >= 0.6 is 24.0 Å². The standard InChI is InChI=1S/C32H34N2O8S2/c1-20(6-12-26(35)40-16-13-34-14-17-44-18-15-34)5-11-24-28(38-3)21(2)25-19-41-31(37)27(25)29(24)42-32(43)33-23-9-7-22(8-10-23)30(36)39-4/h5,7-10,14-15,17-18H,6,11-13,16,19H2,1-4H3,(H,33,43)/b20-5+. The summed E-state index contributed by atoms with van der Waals surface area (Å²) in [6, 6.07) is 6.51. The Hall–Kier alpha value is -4.29. The summed E-state index contributed by atoms with van der Waals surface area (Å²) in [6.45, 7) is 4.79. The fraction of sp³-hybridized carbons (Fsp3) is 0.312. The second kappa shape index (κ2) is 15.4. The number of benzene rings is 2. The largest absolute Gasteiger partial charge is 0.496 e. The maximum atomic E-state index is 12.8. The van der Waals surface area contributed by atoms with E-state index in [-0.39, 0.29) is 29.9 Å². The van der Waals surface area contributed by atoms with E-state index in [1.807, 2.05) is 48.0 Å². The number of nitrogens with one attached hydrogen (secondary N) is 1. The number of rotatable bonds is 12. The van der Waals surface area contributed by atoms with Gasteiger partial charge in [0.05, 0.1) is 26.3 Å². The lowest BCUT2D eigenvalue weighted by atomic mass is 9.94. The number of esters is 3. The molecular weight excluding hydrogens is 604 g/mol. The first-order valence-corrected chi connectivity index (χ1v) is 15.2. The molecule has 0 saturated heterocycles. The average Bonchev–Trinajstić information content (AvgIpc) is 3.42. The van der Waals surface area contributed by atoms with E-state index in [1.54, 1.807) is 43.1 Å². The van der Waals surface area contributed by atoms with Crippen LogP contribution in [0.1, 0.15) is 57.2 Å². The molecule has 2 aromatic rings. The lowest BCUT2D eigenvalue weighted by molar-refractivity contribution is -0.143. The van der Waals surface area contributed by atoms with Gasteiger partial charge in [0.1, 0.15) is 24.5 Å². The van der Waals surface area contributed by atoms with Crippen LogP contribution in [0, 0.1) is 6.92 Å². The highest BCUT2D eigenvalue weighted by molar-refractivity contribution is 8.04. The molecule has 0 aromatic heterocycles. The predicted octanol–water partition coefficient (Wildman–Crippen LogP) is 6.04. The van der Waals surface area contributed by atoms with Crippen molar-refractivity contribution in [3.05, 3.63) is 86.9 Å². The van der Waals surface area contributed by atoms with Gasteiger partial charge in [-0.3, -0.25) is 4.79 Å². The van der Waals surface area contributed by atoms with Gasteiger partial charge < -0.3 is 33.9 Å². The summed E-state index contributed by atoms with van der Waals surface area (Å²) in [7, 11) is 2.87. The van der Waals surface area contributed by atoms with Gasteiger partial charge in [0.25, 0.3) is 5.17 Å². The molecule has 0 amide bonds. The Morgan fingerprint density at radius 3 is 2.52 bits per heavy atom. The van der Waals surface area contributed by atoms with E-state index in [4.69, 9.17) is 35.9 Å². The van der Waals surface area contributed by atoms with Gasteiger partial charge in [0.15, 0.2) is 5.75 Å². The molecule has 0 spiro atoms. The fourth-order valence-electron chi connectivity index (χ4n) is 4.65. The summed E-state index contributed by atoms with van der Waals surface area (Å²) >= 11 is 7.08. The normalized spacial score (nSPS) is 13.7. The number of hydrogen-bond acceptors (Lipinski definition) is 11. The summed E-state index contributed by atoms with van der Waals surface area (Å²) in [4.78, 5) is 38.9. The quantitative estimate of drug-likeness (QED) is 0.127. The van der Waals surface area contributed by atoms with E-state index >= 15 is 0 Å². The van der Waals surface area contributed by atoms with Gasteiger partial charge in [-0.25, -0.2) is 9.59 Å². The second-order valence-electron chi connectivity index (χ2n) is 9.90. The van der Waals surface area contributed by atoms with Crippen LogP contribution in [0.15, 0.2) is 59.1 Å². The molecule has 4 rings (SSSR count). The van der Waals surface area contributed by atoms with Crippen LogP contribution in [0.25, 0.3) is 0 Å². The van der Waals surface area contributed by atoms with Crippen LogP contribution < -0.4 is 14.8 Å². The lowest BCUT2D eigenvalue weighted by Crippen LogP contribution is -2.19. The number of fused-ring (bicyclic) bond motifs is 1. The maximum Gasteiger partial charge on any atom is 0.342 e. The molecule has 2 heterocycles. The first kappa shape index (κ1) is 32.6. The van der Waals surface area contributed by atoms with Gasteiger partial charge in [0, 0.05) is 35.6 Å². The number of cyclic esters (lactones) is 1. The molecule has 2 aliphatic rings. The van der Waals surface area contributed by atoms with Gasteiger partial charge in [-0.05, 0) is 79.6 Å². The summed E-state index contributed by atoms with van der Waals surface area (Å²) in [5.74, 6) is -0.430. The molecule has 10 nitrogen and oxygen atoms in total. The number of thiocarbonyl (C=S) groups is 1. The molecule has 0 unspecified atom stereocenters. The number of allylic oxidation sites excluding steroid dienone is 2. The Bertz CT molecular complexity index is 1500. The molecule has 2 aromatic carbocycles. The zero-order valence-electron chi connectivity index (χ0n) is 25.0. The third-order valence-electron chi connectivity index (χ3n) is 7.03. The van der Waals surface area contributed by atoms with E-state index < -0.39 is 11.9 Å². The molecular formula is C32H34N2O8S2. The van der Waals surface area contributed by atoms with E-state index in [0.717, 1.165) is 11.1 Å². The average molecular weight is 639 g/mol. The number of methoxy groups -OCH3 is 2. The van der Waals surface area contributed by atoms with Crippen molar-refractivity contribution in [3.8, 4) is 11.5 Å². The Balaban J connectivity index is 1.46. The number of ether oxygens (including phenoxy) is 5. The van der Waals surface area contributed by atoms with Crippen molar-refractivity contribution in [1.82, 2.24) is 4.90 Å². The molecule has 0 bridgehead atoms. The Labute approximate surface area is 266 Å². The molecule has 1 N–H and O–H groups in total. The smallest absolute Gasteiger partial charge is 0.342 e. The summed E-state index contributed by atoms with van der Waals surface area (Å²) in [5, 5.41) is 6.89. The number of thioether (sulfide) groups is 1. The number of anilines is 1. The van der Waals surface area contributed by atoms with Crippen molar-refractivity contribution < 1.29 is 38.1 Å². The van der Waals surface area contributed by atoms with Crippen LogP contribution in [0.4, 0.5) is 5.69 Å². The lowest BCUT2D eigenvalue weighted by Gasteiger charge is -2.20. The van der Waals surface area contributed by atoms with Crippen LogP contribution in [-0.2, 0) is 32.0 Å². The molecule has 0 atom stereocenters. The molecule has 2 aliphatic heterocycles. The number of nitrogens with zero attached hydrogens (tertiary/aromatic N) is 1. The Morgan fingerprint density at radius 2 is 1.84 bits per heavy atom. The minimum absolute atomic E-state index is 0.0115. The molecule has 0 aliphatic carbocycles. The van der Waals surface area contributed by atoms with Gasteiger partial charge in [0.2, 0.25) is 0 Å². The molecule has 0 radical (unpaired) electrons. The maximum absolute atomic E-state index is 12.8.